The summed E-state index contributed by atoms with van der Waals surface area (Å²) in [6.07, 6.45) is 5.52. The Hall–Kier alpha value is -3.08. The molecule has 0 bridgehead atoms. The number of aromatic nitrogens is 4. The molecule has 1 aromatic carbocycles. The fourth-order valence-corrected chi connectivity index (χ4v) is 2.32. The van der Waals surface area contributed by atoms with Crippen molar-refractivity contribution in [1.82, 2.24) is 20.2 Å². The van der Waals surface area contributed by atoms with Crippen LogP contribution < -0.4 is 5.32 Å². The van der Waals surface area contributed by atoms with Crippen molar-refractivity contribution in [1.29, 1.82) is 0 Å². The van der Waals surface area contributed by atoms with Crippen molar-refractivity contribution in [2.45, 2.75) is 0 Å². The van der Waals surface area contributed by atoms with E-state index in [1.54, 1.807) is 6.20 Å². The van der Waals surface area contributed by atoms with E-state index in [2.05, 4.69) is 31.5 Å². The van der Waals surface area contributed by atoms with E-state index in [0.29, 0.717) is 0 Å². The molecular weight excluding hydrogens is 262 g/mol. The minimum atomic E-state index is 0.814. The second kappa shape index (κ2) is 4.79. The Morgan fingerprint density at radius 2 is 1.90 bits per heavy atom. The topological polar surface area (TPSA) is 69.4 Å². The monoisotopic (exact) mass is 275 g/mol. The first-order valence-electron chi connectivity index (χ1n) is 6.68. The highest BCUT2D eigenvalue weighted by atomic mass is 15.1. The van der Waals surface area contributed by atoms with Gasteiger partial charge in [0.05, 0.1) is 11.7 Å². The smallest absolute Gasteiger partial charge is 0.132 e. The third-order valence-electron chi connectivity index (χ3n) is 3.36. The van der Waals surface area contributed by atoms with E-state index in [9.17, 15) is 0 Å². The van der Waals surface area contributed by atoms with Gasteiger partial charge in [0.2, 0.25) is 0 Å². The van der Waals surface area contributed by atoms with Crippen molar-refractivity contribution in [2.24, 2.45) is 0 Å². The third-order valence-corrected chi connectivity index (χ3v) is 3.36. The molecule has 4 rings (SSSR count). The largest absolute Gasteiger partial charge is 0.354 e. The van der Waals surface area contributed by atoms with E-state index >= 15 is 0 Å². The number of H-pyrrole nitrogens is 2. The van der Waals surface area contributed by atoms with Gasteiger partial charge in [0.1, 0.15) is 5.82 Å². The molecule has 5 heteroatoms. The Labute approximate surface area is 121 Å². The predicted octanol–water partition coefficient (Wildman–Crippen LogP) is 3.70. The molecule has 3 N–H and O–H groups in total. The Bertz CT molecular complexity index is 862. The maximum absolute atomic E-state index is 4.44. The number of benzene rings is 1. The first-order chi connectivity index (χ1) is 10.4. The molecule has 0 unspecified atom stereocenters. The van der Waals surface area contributed by atoms with E-state index in [-0.39, 0.29) is 0 Å². The van der Waals surface area contributed by atoms with Crippen LogP contribution in [0.25, 0.3) is 22.2 Å². The van der Waals surface area contributed by atoms with Gasteiger partial charge in [-0.15, -0.1) is 0 Å². The molecule has 21 heavy (non-hydrogen) atoms. The molecule has 0 amide bonds. The normalized spacial score (nSPS) is 10.9. The highest BCUT2D eigenvalue weighted by Crippen LogP contribution is 2.25. The van der Waals surface area contributed by atoms with E-state index < -0.39 is 0 Å². The molecule has 0 atom stereocenters. The molecule has 0 fully saturated rings. The number of hydrogen-bond donors (Lipinski definition) is 3. The van der Waals surface area contributed by atoms with Gasteiger partial charge in [0.15, 0.2) is 0 Å². The van der Waals surface area contributed by atoms with E-state index in [4.69, 9.17) is 0 Å². The third kappa shape index (κ3) is 2.25. The lowest BCUT2D eigenvalue weighted by atomic mass is 10.2. The van der Waals surface area contributed by atoms with Crippen LogP contribution in [0.5, 0.6) is 0 Å². The summed E-state index contributed by atoms with van der Waals surface area (Å²) in [6, 6.07) is 14.1. The van der Waals surface area contributed by atoms with E-state index in [1.165, 1.54) is 0 Å². The van der Waals surface area contributed by atoms with Crippen molar-refractivity contribution < 1.29 is 0 Å². The van der Waals surface area contributed by atoms with Crippen LogP contribution in [-0.4, -0.2) is 20.2 Å². The van der Waals surface area contributed by atoms with Crippen LogP contribution in [-0.2, 0) is 0 Å². The van der Waals surface area contributed by atoms with Gasteiger partial charge in [-0.05, 0) is 18.2 Å². The molecule has 0 aliphatic rings. The lowest BCUT2D eigenvalue weighted by Crippen LogP contribution is -1.92. The predicted molar refractivity (Wildman–Crippen MR) is 83.4 cm³/mol. The highest BCUT2D eigenvalue weighted by molar-refractivity contribution is 5.87. The number of rotatable bonds is 3. The fraction of sp³-hybridized carbons (Fsp3) is 0. The Balaban J connectivity index is 1.70. The van der Waals surface area contributed by atoms with E-state index in [0.717, 1.165) is 33.7 Å². The summed E-state index contributed by atoms with van der Waals surface area (Å²) in [5.41, 5.74) is 4.12. The molecule has 5 nitrogen and oxygen atoms in total. The number of aromatic amines is 2. The zero-order valence-electron chi connectivity index (χ0n) is 11.2. The number of fused-ring (bicyclic) bond motifs is 1. The molecule has 102 valence electrons. The van der Waals surface area contributed by atoms with Crippen molar-refractivity contribution >= 4 is 22.4 Å². The van der Waals surface area contributed by atoms with Crippen LogP contribution in [0.1, 0.15) is 0 Å². The Morgan fingerprint density at radius 3 is 2.71 bits per heavy atom. The molecular formula is C16H13N5. The number of anilines is 2. The standard InChI is InChI=1S/C16H13N5/c1-2-4-13(5-3-1)20-16-7-15-11(8-17-16)6-14(21-15)12-9-18-19-10-12/h1-10,21H,(H,17,20)(H,18,19). The first kappa shape index (κ1) is 11.7. The Kier molecular flexibility index (Phi) is 2.67. The van der Waals surface area contributed by atoms with Crippen LogP contribution in [0.15, 0.2) is 61.1 Å². The minimum absolute atomic E-state index is 0.814. The second-order valence-electron chi connectivity index (χ2n) is 4.82. The van der Waals surface area contributed by atoms with Gasteiger partial charge in [0, 0.05) is 40.8 Å². The van der Waals surface area contributed by atoms with Crippen LogP contribution in [0.2, 0.25) is 0 Å². The molecule has 4 aromatic rings. The van der Waals surface area contributed by atoms with Gasteiger partial charge in [-0.1, -0.05) is 18.2 Å². The maximum atomic E-state index is 4.44. The molecule has 0 spiro atoms. The molecule has 3 aromatic heterocycles. The number of nitrogens with zero attached hydrogens (tertiary/aromatic N) is 2. The first-order valence-corrected chi connectivity index (χ1v) is 6.68. The average molecular weight is 275 g/mol. The van der Waals surface area contributed by atoms with Crippen molar-refractivity contribution in [2.75, 3.05) is 5.32 Å². The second-order valence-corrected chi connectivity index (χ2v) is 4.82. The lowest BCUT2D eigenvalue weighted by molar-refractivity contribution is 1.09. The number of para-hydroxylation sites is 1. The minimum Gasteiger partial charge on any atom is -0.354 e. The molecule has 3 heterocycles. The summed E-state index contributed by atoms with van der Waals surface area (Å²) in [7, 11) is 0. The molecule has 0 radical (unpaired) electrons. The number of pyridine rings is 1. The summed E-state index contributed by atoms with van der Waals surface area (Å²) < 4.78 is 0. The quantitative estimate of drug-likeness (QED) is 0.534. The SMILES string of the molecule is c1ccc(Nc2cc3[nH]c(-c4cn[nH]c4)cc3cn2)cc1. The van der Waals surface area contributed by atoms with Gasteiger partial charge in [0.25, 0.3) is 0 Å². The van der Waals surface area contributed by atoms with E-state index in [1.807, 2.05) is 48.8 Å². The van der Waals surface area contributed by atoms with Crippen molar-refractivity contribution in [3.05, 3.63) is 61.1 Å². The van der Waals surface area contributed by atoms with Crippen LogP contribution >= 0.6 is 0 Å². The molecule has 0 aliphatic carbocycles. The molecule has 0 saturated heterocycles. The van der Waals surface area contributed by atoms with Crippen molar-refractivity contribution in [3.8, 4) is 11.3 Å². The van der Waals surface area contributed by atoms with Gasteiger partial charge < -0.3 is 10.3 Å². The van der Waals surface area contributed by atoms with Gasteiger partial charge >= 0.3 is 0 Å². The average Bonchev–Trinajstić information content (AvgIpc) is 3.17. The number of hydrogen-bond acceptors (Lipinski definition) is 3. The Morgan fingerprint density at radius 1 is 1.00 bits per heavy atom. The lowest BCUT2D eigenvalue weighted by Gasteiger charge is -2.04. The highest BCUT2D eigenvalue weighted by Gasteiger charge is 2.06. The summed E-state index contributed by atoms with van der Waals surface area (Å²) in [5.74, 6) is 0.814. The van der Waals surface area contributed by atoms with Gasteiger partial charge in [-0.3, -0.25) is 5.10 Å². The van der Waals surface area contributed by atoms with Gasteiger partial charge in [-0.2, -0.15) is 5.10 Å². The van der Waals surface area contributed by atoms with Crippen LogP contribution in [0.3, 0.4) is 0 Å². The zero-order chi connectivity index (χ0) is 14.1. The summed E-state index contributed by atoms with van der Waals surface area (Å²) >= 11 is 0. The fourth-order valence-electron chi connectivity index (χ4n) is 2.32. The summed E-state index contributed by atoms with van der Waals surface area (Å²) in [5, 5.41) is 11.2. The zero-order valence-corrected chi connectivity index (χ0v) is 11.2. The summed E-state index contributed by atoms with van der Waals surface area (Å²) in [4.78, 5) is 7.83. The van der Waals surface area contributed by atoms with Crippen molar-refractivity contribution in [3.63, 3.8) is 0 Å². The van der Waals surface area contributed by atoms with Crippen LogP contribution in [0, 0.1) is 0 Å². The van der Waals surface area contributed by atoms with Gasteiger partial charge in [-0.25, -0.2) is 4.98 Å². The molecule has 0 aliphatic heterocycles. The number of nitrogens with one attached hydrogen (secondary N) is 3. The summed E-state index contributed by atoms with van der Waals surface area (Å²) in [6.45, 7) is 0. The molecule has 0 saturated carbocycles. The maximum Gasteiger partial charge on any atom is 0.132 e. The van der Waals surface area contributed by atoms with Crippen LogP contribution in [0.4, 0.5) is 11.5 Å².